The Bertz CT molecular complexity index is 3660. The minimum atomic E-state index is 0.597. The molecule has 0 aliphatic rings. The van der Waals surface area contributed by atoms with E-state index in [1.807, 2.05) is 36.4 Å². The number of para-hydroxylation sites is 3. The molecule has 0 aliphatic carbocycles. The maximum Gasteiger partial charge on any atom is 0.166 e. The first kappa shape index (κ1) is 37.4. The lowest BCUT2D eigenvalue weighted by atomic mass is 9.96. The van der Waals surface area contributed by atoms with E-state index in [0.29, 0.717) is 17.5 Å². The third kappa shape index (κ3) is 6.28. The Morgan fingerprint density at radius 3 is 1.55 bits per heavy atom. The van der Waals surface area contributed by atoms with Crippen molar-refractivity contribution < 1.29 is 0 Å². The monoisotopic (exact) mass is 819 g/mol. The predicted octanol–water partition coefficient (Wildman–Crippen LogP) is 15.0. The minimum absolute atomic E-state index is 0.597. The van der Waals surface area contributed by atoms with Gasteiger partial charge in [-0.3, -0.25) is 0 Å². The normalized spacial score (nSPS) is 11.6. The van der Waals surface area contributed by atoms with Crippen molar-refractivity contribution in [1.82, 2.24) is 24.1 Å². The van der Waals surface area contributed by atoms with E-state index in [4.69, 9.17) is 15.0 Å². The molecule has 0 N–H and O–H groups in total. The second-order valence-electron chi connectivity index (χ2n) is 16.6. The van der Waals surface area contributed by atoms with Gasteiger partial charge < -0.3 is 9.13 Å². The molecule has 5 heteroatoms. The first-order valence-electron chi connectivity index (χ1n) is 21.8. The maximum absolute atomic E-state index is 5.37. The Labute approximate surface area is 371 Å². The number of nitrogens with zero attached hydrogens (tertiary/aromatic N) is 5. The summed E-state index contributed by atoms with van der Waals surface area (Å²) < 4.78 is 4.78. The molecule has 64 heavy (non-hydrogen) atoms. The second kappa shape index (κ2) is 15.2. The summed E-state index contributed by atoms with van der Waals surface area (Å²) in [6, 6.07) is 75.7. The van der Waals surface area contributed by atoms with E-state index in [9.17, 15) is 0 Å². The van der Waals surface area contributed by atoms with E-state index in [-0.39, 0.29) is 0 Å². The van der Waals surface area contributed by atoms with Gasteiger partial charge in [0.15, 0.2) is 17.5 Å². The predicted molar refractivity (Wildman–Crippen MR) is 265 cm³/mol. The summed E-state index contributed by atoms with van der Waals surface area (Å²) in [5, 5.41) is 4.76. The van der Waals surface area contributed by atoms with Crippen LogP contribution in [0.2, 0.25) is 0 Å². The Balaban J connectivity index is 1.17. The molecule has 3 aromatic heterocycles. The highest BCUT2D eigenvalue weighted by Gasteiger charge is 2.23. The van der Waals surface area contributed by atoms with Crippen LogP contribution in [0, 0.1) is 13.8 Å². The number of aryl methyl sites for hydroxylation is 2. The van der Waals surface area contributed by atoms with Crippen molar-refractivity contribution in [2.24, 2.45) is 0 Å². The van der Waals surface area contributed by atoms with Gasteiger partial charge in [0.05, 0.1) is 27.8 Å². The third-order valence-electron chi connectivity index (χ3n) is 12.4. The van der Waals surface area contributed by atoms with Crippen LogP contribution in [-0.2, 0) is 0 Å². The molecule has 0 aliphatic heterocycles. The van der Waals surface area contributed by atoms with Gasteiger partial charge in [0.2, 0.25) is 0 Å². The third-order valence-corrected chi connectivity index (χ3v) is 12.4. The van der Waals surface area contributed by atoms with E-state index in [0.717, 1.165) is 61.3 Å². The maximum atomic E-state index is 5.37. The topological polar surface area (TPSA) is 48.5 Å². The molecule has 0 radical (unpaired) electrons. The molecule has 0 spiro atoms. The second-order valence-corrected chi connectivity index (χ2v) is 16.6. The van der Waals surface area contributed by atoms with Crippen molar-refractivity contribution in [3.63, 3.8) is 0 Å². The zero-order valence-electron chi connectivity index (χ0n) is 35.4. The van der Waals surface area contributed by atoms with Gasteiger partial charge in [-0.2, -0.15) is 0 Å². The first-order valence-corrected chi connectivity index (χ1v) is 21.8. The fraction of sp³-hybridized carbons (Fsp3) is 0.0339. The van der Waals surface area contributed by atoms with E-state index < -0.39 is 0 Å². The molecule has 5 nitrogen and oxygen atoms in total. The Morgan fingerprint density at radius 2 is 0.859 bits per heavy atom. The van der Waals surface area contributed by atoms with Crippen molar-refractivity contribution >= 4 is 43.6 Å². The number of aromatic nitrogens is 5. The van der Waals surface area contributed by atoms with Gasteiger partial charge in [0, 0.05) is 43.9 Å². The molecule has 302 valence electrons. The summed E-state index contributed by atoms with van der Waals surface area (Å²) in [5.74, 6) is 1.83. The first-order chi connectivity index (χ1) is 31.6. The van der Waals surface area contributed by atoms with Crippen molar-refractivity contribution in [3.05, 3.63) is 223 Å². The van der Waals surface area contributed by atoms with Crippen LogP contribution in [0.15, 0.2) is 212 Å². The molecular weight excluding hydrogens is 779 g/mol. The molecule has 0 amide bonds. The quantitative estimate of drug-likeness (QED) is 0.161. The molecule has 0 fully saturated rings. The highest BCUT2D eigenvalue weighted by Crippen LogP contribution is 2.43. The van der Waals surface area contributed by atoms with Crippen LogP contribution in [-0.4, -0.2) is 24.1 Å². The molecule has 9 aromatic carbocycles. The lowest BCUT2D eigenvalue weighted by Gasteiger charge is -2.17. The van der Waals surface area contributed by atoms with Crippen molar-refractivity contribution in [3.8, 4) is 67.8 Å². The Hall–Kier alpha value is -8.41. The van der Waals surface area contributed by atoms with Crippen molar-refractivity contribution in [2.45, 2.75) is 13.8 Å². The van der Waals surface area contributed by atoms with E-state index >= 15 is 0 Å². The molecular formula is C59H41N5. The van der Waals surface area contributed by atoms with E-state index in [1.54, 1.807) is 0 Å². The van der Waals surface area contributed by atoms with Crippen molar-refractivity contribution in [2.75, 3.05) is 0 Å². The molecule has 0 atom stereocenters. The summed E-state index contributed by atoms with van der Waals surface area (Å²) >= 11 is 0. The molecule has 0 saturated heterocycles. The van der Waals surface area contributed by atoms with Crippen LogP contribution in [0.5, 0.6) is 0 Å². The molecule has 0 unspecified atom stereocenters. The van der Waals surface area contributed by atoms with Crippen LogP contribution in [0.3, 0.4) is 0 Å². The lowest BCUT2D eigenvalue weighted by Crippen LogP contribution is -2.04. The zero-order valence-corrected chi connectivity index (χ0v) is 35.4. The fourth-order valence-corrected chi connectivity index (χ4v) is 9.67. The largest absolute Gasteiger partial charge is 0.309 e. The van der Waals surface area contributed by atoms with Gasteiger partial charge in [0.25, 0.3) is 0 Å². The standard InChI is InChI=1S/C59H41N5/c1-38-33-39(2)35-44(34-38)42-29-31-48-47-23-12-14-26-51(47)64(55(48)37-42)53-32-30-43(46-25-16-28-54-56(46)49-24-13-15-27-52(49)63(54)45-21-10-5-11-22-45)36-50(53)59-61-57(40-17-6-3-7-18-40)60-58(62-59)41-19-8-4-9-20-41/h3-37H,1-2H3. The van der Waals surface area contributed by atoms with Crippen LogP contribution >= 0.6 is 0 Å². The average Bonchev–Trinajstić information content (AvgIpc) is 3.87. The van der Waals surface area contributed by atoms with Crippen LogP contribution in [0.4, 0.5) is 0 Å². The molecule has 0 bridgehead atoms. The van der Waals surface area contributed by atoms with Crippen LogP contribution < -0.4 is 0 Å². The average molecular weight is 820 g/mol. The highest BCUT2D eigenvalue weighted by molar-refractivity contribution is 6.16. The summed E-state index contributed by atoms with van der Waals surface area (Å²) in [5.41, 5.74) is 16.5. The Kier molecular flexibility index (Phi) is 8.87. The van der Waals surface area contributed by atoms with Gasteiger partial charge >= 0.3 is 0 Å². The number of fused-ring (bicyclic) bond motifs is 6. The van der Waals surface area contributed by atoms with Gasteiger partial charge in [-0.15, -0.1) is 0 Å². The zero-order chi connectivity index (χ0) is 42.7. The number of hydrogen-bond acceptors (Lipinski definition) is 3. The molecule has 12 rings (SSSR count). The Morgan fingerprint density at radius 1 is 0.312 bits per heavy atom. The van der Waals surface area contributed by atoms with E-state index in [2.05, 4.69) is 199 Å². The summed E-state index contributed by atoms with van der Waals surface area (Å²) in [7, 11) is 0. The summed E-state index contributed by atoms with van der Waals surface area (Å²) in [6.07, 6.45) is 0. The SMILES string of the molecule is Cc1cc(C)cc(-c2ccc3c4ccccc4n(-c4ccc(-c5cccc6c5c5ccccc5n6-c5ccccc5)cc4-c4nc(-c5ccccc5)nc(-c5ccccc5)n4)c3c2)c1. The van der Waals surface area contributed by atoms with E-state index in [1.165, 1.54) is 43.8 Å². The minimum Gasteiger partial charge on any atom is -0.309 e. The molecule has 12 aromatic rings. The van der Waals surface area contributed by atoms with Gasteiger partial charge in [-0.1, -0.05) is 175 Å². The van der Waals surface area contributed by atoms with Crippen LogP contribution in [0.1, 0.15) is 11.1 Å². The molecule has 0 saturated carbocycles. The smallest absolute Gasteiger partial charge is 0.166 e. The van der Waals surface area contributed by atoms with Crippen LogP contribution in [0.25, 0.3) is 111 Å². The highest BCUT2D eigenvalue weighted by atomic mass is 15.1. The summed E-state index contributed by atoms with van der Waals surface area (Å²) in [6.45, 7) is 4.34. The number of rotatable bonds is 7. The van der Waals surface area contributed by atoms with Gasteiger partial charge in [0.1, 0.15) is 0 Å². The summed E-state index contributed by atoms with van der Waals surface area (Å²) in [4.78, 5) is 15.8. The number of benzene rings is 9. The fourth-order valence-electron chi connectivity index (χ4n) is 9.67. The van der Waals surface area contributed by atoms with Gasteiger partial charge in [-0.05, 0) is 84.6 Å². The van der Waals surface area contributed by atoms with Gasteiger partial charge in [-0.25, -0.2) is 15.0 Å². The lowest BCUT2D eigenvalue weighted by molar-refractivity contribution is 1.06. The number of hydrogen-bond donors (Lipinski definition) is 0. The van der Waals surface area contributed by atoms with Crippen molar-refractivity contribution in [1.29, 1.82) is 0 Å². The molecule has 3 heterocycles.